The number of benzene rings is 1. The van der Waals surface area contributed by atoms with Gasteiger partial charge in [-0.3, -0.25) is 10.1 Å². The molecule has 0 spiro atoms. The van der Waals surface area contributed by atoms with E-state index in [9.17, 15) is 19.3 Å². The van der Waals surface area contributed by atoms with Crippen molar-refractivity contribution in [2.75, 3.05) is 6.61 Å². The maximum atomic E-state index is 13.9. The molecular formula is C16H18FN3O4. The number of nitro benzene ring substituents is 1. The molecule has 0 aliphatic rings. The van der Waals surface area contributed by atoms with Crippen molar-refractivity contribution in [3.05, 3.63) is 57.9 Å². The number of carbonyl (C=O) groups excluding carboxylic acids is 1. The maximum absolute atomic E-state index is 13.9. The third-order valence-corrected chi connectivity index (χ3v) is 3.47. The minimum Gasteiger partial charge on any atom is -0.461 e. The van der Waals surface area contributed by atoms with Gasteiger partial charge >= 0.3 is 5.97 Å². The molecule has 24 heavy (non-hydrogen) atoms. The molecule has 7 nitrogen and oxygen atoms in total. The van der Waals surface area contributed by atoms with Crippen LogP contribution in [-0.2, 0) is 4.74 Å². The van der Waals surface area contributed by atoms with Crippen LogP contribution in [0.1, 0.15) is 42.9 Å². The second-order valence-electron chi connectivity index (χ2n) is 5.81. The zero-order valence-electron chi connectivity index (χ0n) is 13.6. The number of hydrogen-bond donors (Lipinski definition) is 0. The molecule has 1 aromatic carbocycles. The molecular weight excluding hydrogens is 317 g/mol. The van der Waals surface area contributed by atoms with E-state index in [1.807, 2.05) is 13.8 Å². The summed E-state index contributed by atoms with van der Waals surface area (Å²) in [5.41, 5.74) is 0.179. The van der Waals surface area contributed by atoms with Gasteiger partial charge in [-0.05, 0) is 18.4 Å². The van der Waals surface area contributed by atoms with Crippen molar-refractivity contribution in [3.8, 4) is 0 Å². The summed E-state index contributed by atoms with van der Waals surface area (Å²) in [6, 6.07) is 5.42. The maximum Gasteiger partial charge on any atom is 0.359 e. The number of halogens is 1. The summed E-state index contributed by atoms with van der Waals surface area (Å²) in [6.07, 6.45) is 1.19. The smallest absolute Gasteiger partial charge is 0.359 e. The van der Waals surface area contributed by atoms with Gasteiger partial charge in [-0.1, -0.05) is 26.0 Å². The number of nitro groups is 1. The second-order valence-corrected chi connectivity index (χ2v) is 5.81. The highest BCUT2D eigenvalue weighted by molar-refractivity contribution is 5.87. The molecule has 0 saturated heterocycles. The van der Waals surface area contributed by atoms with Crippen LogP contribution in [0.15, 0.2) is 30.6 Å². The summed E-state index contributed by atoms with van der Waals surface area (Å²) < 4.78 is 20.3. The van der Waals surface area contributed by atoms with E-state index in [4.69, 9.17) is 4.74 Å². The molecule has 2 rings (SSSR count). The molecule has 0 radical (unpaired) electrons. The van der Waals surface area contributed by atoms with Crippen molar-refractivity contribution in [1.29, 1.82) is 0 Å². The number of rotatable bonds is 6. The molecule has 0 saturated carbocycles. The Morgan fingerprint density at radius 3 is 2.75 bits per heavy atom. The Kier molecular flexibility index (Phi) is 5.28. The first-order valence-corrected chi connectivity index (χ1v) is 7.45. The van der Waals surface area contributed by atoms with Crippen LogP contribution < -0.4 is 0 Å². The van der Waals surface area contributed by atoms with Gasteiger partial charge < -0.3 is 9.30 Å². The predicted molar refractivity (Wildman–Crippen MR) is 84.2 cm³/mol. The number of non-ortho nitro benzene ring substituents is 1. The minimum atomic E-state index is -0.930. The molecule has 8 heteroatoms. The highest BCUT2D eigenvalue weighted by Crippen LogP contribution is 2.24. The van der Waals surface area contributed by atoms with Gasteiger partial charge in [0.2, 0.25) is 5.95 Å². The van der Waals surface area contributed by atoms with Crippen LogP contribution in [0.2, 0.25) is 0 Å². The fraction of sp³-hybridized carbons (Fsp3) is 0.375. The quantitative estimate of drug-likeness (QED) is 0.459. The van der Waals surface area contributed by atoms with Gasteiger partial charge in [0.15, 0.2) is 5.69 Å². The number of esters is 1. The molecule has 0 unspecified atom stereocenters. The Hall–Kier alpha value is -2.77. The Labute approximate surface area is 138 Å². The normalized spacial score (nSPS) is 12.2. The van der Waals surface area contributed by atoms with Crippen LogP contribution in [0.5, 0.6) is 0 Å². The molecule has 0 fully saturated rings. The summed E-state index contributed by atoms with van der Waals surface area (Å²) in [7, 11) is 0. The topological polar surface area (TPSA) is 87.3 Å². The molecule has 0 aliphatic carbocycles. The fourth-order valence-electron chi connectivity index (χ4n) is 2.19. The fourth-order valence-corrected chi connectivity index (χ4v) is 2.19. The standard InChI is InChI=1S/C16H18FN3O4/c1-10(2)8-24-16(21)14-15(17)18-9-19(14)11(3)12-5-4-6-13(7-12)20(22)23/h4-7,9-11H,8H2,1-3H3/t11-/m1/s1. The third-order valence-electron chi connectivity index (χ3n) is 3.47. The number of imidazole rings is 1. The van der Waals surface area contributed by atoms with Crippen molar-refractivity contribution >= 4 is 11.7 Å². The lowest BCUT2D eigenvalue weighted by atomic mass is 10.1. The summed E-state index contributed by atoms with van der Waals surface area (Å²) in [5, 5.41) is 10.9. The number of carbonyl (C=O) groups is 1. The van der Waals surface area contributed by atoms with Gasteiger partial charge in [0.05, 0.1) is 23.9 Å². The Bertz CT molecular complexity index is 758. The number of aromatic nitrogens is 2. The van der Waals surface area contributed by atoms with Crippen molar-refractivity contribution in [3.63, 3.8) is 0 Å². The van der Waals surface area contributed by atoms with Gasteiger partial charge in [0.1, 0.15) is 0 Å². The van der Waals surface area contributed by atoms with E-state index in [0.717, 1.165) is 0 Å². The average Bonchev–Trinajstić information content (AvgIpc) is 2.93. The van der Waals surface area contributed by atoms with Crippen molar-refractivity contribution in [2.24, 2.45) is 5.92 Å². The summed E-state index contributed by atoms with van der Waals surface area (Å²) >= 11 is 0. The molecule has 1 aromatic heterocycles. The Balaban J connectivity index is 2.34. The molecule has 1 atom stereocenters. The SMILES string of the molecule is CC(C)COC(=O)c1c(F)ncn1[C@H](C)c1cccc([N+](=O)[O-])c1. The number of nitrogens with zero attached hydrogens (tertiary/aromatic N) is 3. The monoisotopic (exact) mass is 335 g/mol. The van der Waals surface area contributed by atoms with E-state index in [1.54, 1.807) is 13.0 Å². The largest absolute Gasteiger partial charge is 0.461 e. The first-order chi connectivity index (χ1) is 11.3. The Morgan fingerprint density at radius 1 is 1.42 bits per heavy atom. The predicted octanol–water partition coefficient (Wildman–Crippen LogP) is 3.35. The van der Waals surface area contributed by atoms with E-state index in [2.05, 4.69) is 4.98 Å². The highest BCUT2D eigenvalue weighted by Gasteiger charge is 2.25. The van der Waals surface area contributed by atoms with E-state index in [1.165, 1.54) is 29.1 Å². The van der Waals surface area contributed by atoms with Crippen molar-refractivity contribution < 1.29 is 18.8 Å². The zero-order valence-corrected chi connectivity index (χ0v) is 13.6. The molecule has 0 aliphatic heterocycles. The molecule has 0 N–H and O–H groups in total. The van der Waals surface area contributed by atoms with E-state index < -0.39 is 22.9 Å². The Morgan fingerprint density at radius 2 is 2.12 bits per heavy atom. The van der Waals surface area contributed by atoms with Crippen LogP contribution in [0.25, 0.3) is 0 Å². The lowest BCUT2D eigenvalue weighted by Crippen LogP contribution is -2.18. The van der Waals surface area contributed by atoms with Crippen molar-refractivity contribution in [1.82, 2.24) is 9.55 Å². The summed E-state index contributed by atoms with van der Waals surface area (Å²) in [6.45, 7) is 5.59. The highest BCUT2D eigenvalue weighted by atomic mass is 19.1. The average molecular weight is 335 g/mol. The third kappa shape index (κ3) is 3.76. The molecule has 1 heterocycles. The van der Waals surface area contributed by atoms with Crippen molar-refractivity contribution in [2.45, 2.75) is 26.8 Å². The number of hydrogen-bond acceptors (Lipinski definition) is 5. The lowest BCUT2D eigenvalue weighted by molar-refractivity contribution is -0.384. The van der Waals surface area contributed by atoms with Gasteiger partial charge in [-0.25, -0.2) is 9.78 Å². The summed E-state index contributed by atoms with van der Waals surface area (Å²) in [5.74, 6) is -1.63. The molecule has 0 bridgehead atoms. The zero-order chi connectivity index (χ0) is 17.9. The molecule has 2 aromatic rings. The van der Waals surface area contributed by atoms with E-state index in [0.29, 0.717) is 5.56 Å². The van der Waals surface area contributed by atoms with Gasteiger partial charge in [-0.2, -0.15) is 4.39 Å². The van der Waals surface area contributed by atoms with Crippen LogP contribution in [0, 0.1) is 22.0 Å². The first-order valence-electron chi connectivity index (χ1n) is 7.45. The van der Waals surface area contributed by atoms with Gasteiger partial charge in [0, 0.05) is 12.1 Å². The second kappa shape index (κ2) is 7.20. The van der Waals surface area contributed by atoms with Crippen LogP contribution in [0.4, 0.5) is 10.1 Å². The first kappa shape index (κ1) is 17.6. The van der Waals surface area contributed by atoms with E-state index in [-0.39, 0.29) is 23.9 Å². The van der Waals surface area contributed by atoms with E-state index >= 15 is 0 Å². The molecule has 0 amide bonds. The van der Waals surface area contributed by atoms with Crippen LogP contribution >= 0.6 is 0 Å². The number of ether oxygens (including phenoxy) is 1. The molecule has 128 valence electrons. The summed E-state index contributed by atoms with van der Waals surface area (Å²) in [4.78, 5) is 26.0. The minimum absolute atomic E-state index is 0.0797. The van der Waals surface area contributed by atoms with Gasteiger partial charge in [0.25, 0.3) is 5.69 Å². The van der Waals surface area contributed by atoms with Gasteiger partial charge in [-0.15, -0.1) is 0 Å². The lowest BCUT2D eigenvalue weighted by Gasteiger charge is -2.16. The van der Waals surface area contributed by atoms with Crippen LogP contribution in [0.3, 0.4) is 0 Å². The van der Waals surface area contributed by atoms with Crippen LogP contribution in [-0.4, -0.2) is 27.1 Å².